The van der Waals surface area contributed by atoms with Crippen molar-refractivity contribution >= 4 is 17.9 Å². The maximum atomic E-state index is 11.8. The van der Waals surface area contributed by atoms with Gasteiger partial charge >= 0.3 is 12.0 Å². The van der Waals surface area contributed by atoms with Crippen LogP contribution in [0.4, 0.5) is 4.79 Å². The third kappa shape index (κ3) is 5.61. The van der Waals surface area contributed by atoms with E-state index in [1.165, 1.54) is 0 Å². The van der Waals surface area contributed by atoms with Gasteiger partial charge in [0.2, 0.25) is 5.91 Å². The van der Waals surface area contributed by atoms with E-state index in [1.807, 2.05) is 0 Å². The van der Waals surface area contributed by atoms with Gasteiger partial charge in [-0.1, -0.05) is 20.8 Å². The summed E-state index contributed by atoms with van der Waals surface area (Å²) in [6.07, 6.45) is 2.30. The fourth-order valence-corrected chi connectivity index (χ4v) is 2.24. The van der Waals surface area contributed by atoms with E-state index in [-0.39, 0.29) is 18.9 Å². The Morgan fingerprint density at radius 1 is 1.19 bits per heavy atom. The number of hydrogen-bond donors (Lipinski definition) is 3. The van der Waals surface area contributed by atoms with Crippen LogP contribution in [-0.4, -0.2) is 53.6 Å². The Labute approximate surface area is 125 Å². The van der Waals surface area contributed by atoms with E-state index in [0.717, 1.165) is 25.9 Å². The number of amides is 3. The summed E-state index contributed by atoms with van der Waals surface area (Å²) in [6, 6.07) is -1.54. The van der Waals surface area contributed by atoms with Gasteiger partial charge < -0.3 is 20.6 Å². The first-order valence-electron chi connectivity index (χ1n) is 7.27. The van der Waals surface area contributed by atoms with E-state index in [0.29, 0.717) is 0 Å². The topological polar surface area (TPSA) is 98.7 Å². The zero-order valence-corrected chi connectivity index (χ0v) is 12.9. The first-order chi connectivity index (χ1) is 9.71. The van der Waals surface area contributed by atoms with Crippen LogP contribution in [0.2, 0.25) is 0 Å². The standard InChI is InChI=1S/C14H25N3O4/c1-14(2,3)11(12(19)20)16-13(21)15-7-6-10(18)17-8-4-5-9-17/h11H,4-9H2,1-3H3,(H,19,20)(H2,15,16,21)/t11-/m0/s1. The van der Waals surface area contributed by atoms with E-state index in [4.69, 9.17) is 5.11 Å². The quantitative estimate of drug-likeness (QED) is 0.699. The van der Waals surface area contributed by atoms with Gasteiger partial charge in [0, 0.05) is 26.1 Å². The normalized spacial score (nSPS) is 16.4. The van der Waals surface area contributed by atoms with Gasteiger partial charge in [-0.2, -0.15) is 0 Å². The fourth-order valence-electron chi connectivity index (χ4n) is 2.24. The average molecular weight is 299 g/mol. The molecular weight excluding hydrogens is 274 g/mol. The summed E-state index contributed by atoms with van der Waals surface area (Å²) in [4.78, 5) is 36.4. The van der Waals surface area contributed by atoms with Crippen molar-refractivity contribution in [2.24, 2.45) is 5.41 Å². The summed E-state index contributed by atoms with van der Waals surface area (Å²) in [5.74, 6) is -1.05. The average Bonchev–Trinajstić information content (AvgIpc) is 2.87. The largest absolute Gasteiger partial charge is 0.480 e. The second kappa shape index (κ2) is 7.28. The van der Waals surface area contributed by atoms with Crippen LogP contribution in [0.25, 0.3) is 0 Å². The minimum absolute atomic E-state index is 0.0263. The molecule has 0 saturated carbocycles. The number of urea groups is 1. The van der Waals surface area contributed by atoms with Crippen molar-refractivity contribution in [3.05, 3.63) is 0 Å². The highest BCUT2D eigenvalue weighted by Gasteiger charge is 2.32. The molecule has 0 spiro atoms. The number of likely N-dealkylation sites (tertiary alicyclic amines) is 1. The van der Waals surface area contributed by atoms with Gasteiger partial charge in [-0.25, -0.2) is 9.59 Å². The first kappa shape index (κ1) is 17.3. The fraction of sp³-hybridized carbons (Fsp3) is 0.786. The molecule has 21 heavy (non-hydrogen) atoms. The maximum absolute atomic E-state index is 11.8. The molecule has 1 atom stereocenters. The number of carbonyl (C=O) groups is 3. The lowest BCUT2D eigenvalue weighted by Crippen LogP contribution is -2.52. The van der Waals surface area contributed by atoms with Crippen LogP contribution in [-0.2, 0) is 9.59 Å². The van der Waals surface area contributed by atoms with Crippen LogP contribution in [0, 0.1) is 5.41 Å². The number of carboxylic acid groups (broad SMARTS) is 1. The molecule has 3 N–H and O–H groups in total. The number of nitrogens with zero attached hydrogens (tertiary/aromatic N) is 1. The summed E-state index contributed by atoms with van der Waals surface area (Å²) in [7, 11) is 0. The molecule has 1 fully saturated rings. The molecule has 7 heteroatoms. The molecule has 0 unspecified atom stereocenters. The van der Waals surface area contributed by atoms with Gasteiger partial charge in [0.1, 0.15) is 6.04 Å². The van der Waals surface area contributed by atoms with E-state index in [2.05, 4.69) is 10.6 Å². The number of rotatable bonds is 5. The number of carbonyl (C=O) groups excluding carboxylic acids is 2. The van der Waals surface area contributed by atoms with E-state index < -0.39 is 23.5 Å². The minimum atomic E-state index is -1.08. The van der Waals surface area contributed by atoms with E-state index in [1.54, 1.807) is 25.7 Å². The zero-order valence-electron chi connectivity index (χ0n) is 12.9. The molecule has 0 aromatic carbocycles. The van der Waals surface area contributed by atoms with Crippen LogP contribution < -0.4 is 10.6 Å². The van der Waals surface area contributed by atoms with Crippen LogP contribution in [0.15, 0.2) is 0 Å². The predicted molar refractivity (Wildman–Crippen MR) is 77.8 cm³/mol. The van der Waals surface area contributed by atoms with Crippen LogP contribution in [0.1, 0.15) is 40.0 Å². The molecular formula is C14H25N3O4. The Balaban J connectivity index is 2.33. The summed E-state index contributed by atoms with van der Waals surface area (Å²) in [5, 5.41) is 14.1. The molecule has 1 rings (SSSR count). The molecule has 0 aromatic heterocycles. The van der Waals surface area contributed by atoms with E-state index in [9.17, 15) is 14.4 Å². The van der Waals surface area contributed by atoms with Crippen molar-refractivity contribution in [1.29, 1.82) is 0 Å². The lowest BCUT2D eigenvalue weighted by Gasteiger charge is -2.27. The number of aliphatic carboxylic acids is 1. The Hall–Kier alpha value is -1.79. The number of carboxylic acids is 1. The molecule has 7 nitrogen and oxygen atoms in total. The number of nitrogens with one attached hydrogen (secondary N) is 2. The van der Waals surface area contributed by atoms with Gasteiger partial charge in [0.25, 0.3) is 0 Å². The Morgan fingerprint density at radius 3 is 2.24 bits per heavy atom. The van der Waals surface area contributed by atoms with Crippen molar-refractivity contribution in [2.75, 3.05) is 19.6 Å². The summed E-state index contributed by atoms with van der Waals surface area (Å²) in [6.45, 7) is 7.00. The van der Waals surface area contributed by atoms with Gasteiger partial charge in [0.15, 0.2) is 0 Å². The SMILES string of the molecule is CC(C)(C)[C@@H](NC(=O)NCCC(=O)N1CCCC1)C(=O)O. The summed E-state index contributed by atoms with van der Waals surface area (Å²) in [5.41, 5.74) is -0.589. The highest BCUT2D eigenvalue weighted by atomic mass is 16.4. The molecule has 3 amide bonds. The third-order valence-electron chi connectivity index (χ3n) is 3.47. The minimum Gasteiger partial charge on any atom is -0.480 e. The van der Waals surface area contributed by atoms with Crippen molar-refractivity contribution in [2.45, 2.75) is 46.1 Å². The maximum Gasteiger partial charge on any atom is 0.326 e. The number of hydrogen-bond acceptors (Lipinski definition) is 3. The van der Waals surface area contributed by atoms with Gasteiger partial charge in [-0.3, -0.25) is 4.79 Å². The van der Waals surface area contributed by atoms with Crippen molar-refractivity contribution < 1.29 is 19.5 Å². The highest BCUT2D eigenvalue weighted by Crippen LogP contribution is 2.19. The van der Waals surface area contributed by atoms with E-state index >= 15 is 0 Å². The molecule has 0 aliphatic carbocycles. The molecule has 120 valence electrons. The van der Waals surface area contributed by atoms with Gasteiger partial charge in [-0.15, -0.1) is 0 Å². The molecule has 1 heterocycles. The Bertz CT molecular complexity index is 398. The monoisotopic (exact) mass is 299 g/mol. The first-order valence-corrected chi connectivity index (χ1v) is 7.27. The lowest BCUT2D eigenvalue weighted by molar-refractivity contribution is -0.142. The molecule has 1 saturated heterocycles. The van der Waals surface area contributed by atoms with Crippen LogP contribution in [0.3, 0.4) is 0 Å². The molecule has 0 radical (unpaired) electrons. The molecule has 1 aliphatic heterocycles. The molecule has 0 aromatic rings. The lowest BCUT2D eigenvalue weighted by atomic mass is 9.87. The summed E-state index contributed by atoms with van der Waals surface area (Å²) >= 11 is 0. The van der Waals surface area contributed by atoms with Gasteiger partial charge in [-0.05, 0) is 18.3 Å². The predicted octanol–water partition coefficient (Wildman–Crippen LogP) is 0.797. The zero-order chi connectivity index (χ0) is 16.0. The van der Waals surface area contributed by atoms with Gasteiger partial charge in [0.05, 0.1) is 0 Å². The molecule has 0 bridgehead atoms. The van der Waals surface area contributed by atoms with Crippen molar-refractivity contribution in [3.63, 3.8) is 0 Å². The Morgan fingerprint density at radius 2 is 1.76 bits per heavy atom. The third-order valence-corrected chi connectivity index (χ3v) is 3.47. The van der Waals surface area contributed by atoms with Crippen LogP contribution >= 0.6 is 0 Å². The second-order valence-electron chi connectivity index (χ2n) is 6.38. The summed E-state index contributed by atoms with van der Waals surface area (Å²) < 4.78 is 0. The van der Waals surface area contributed by atoms with Crippen molar-refractivity contribution in [1.82, 2.24) is 15.5 Å². The molecule has 1 aliphatic rings. The van der Waals surface area contributed by atoms with Crippen LogP contribution in [0.5, 0.6) is 0 Å². The highest BCUT2D eigenvalue weighted by molar-refractivity contribution is 5.83. The van der Waals surface area contributed by atoms with Crippen molar-refractivity contribution in [3.8, 4) is 0 Å². The smallest absolute Gasteiger partial charge is 0.326 e. The second-order valence-corrected chi connectivity index (χ2v) is 6.38. The Kier molecular flexibility index (Phi) is 5.99.